The van der Waals surface area contributed by atoms with E-state index >= 15 is 0 Å². The standard InChI is InChI=1S/C19H24F2N2/c1-14(16-7-5-4-6-8-16)23-19(2,3)13-22-12-15-9-10-17(20)18(21)11-15/h4-11,14,22-23H,12-13H2,1-3H3/t14-/m0/s1. The van der Waals surface area contributed by atoms with E-state index < -0.39 is 11.6 Å². The summed E-state index contributed by atoms with van der Waals surface area (Å²) >= 11 is 0. The summed E-state index contributed by atoms with van der Waals surface area (Å²) in [4.78, 5) is 0. The molecule has 0 radical (unpaired) electrons. The number of hydrogen-bond donors (Lipinski definition) is 2. The molecule has 2 N–H and O–H groups in total. The summed E-state index contributed by atoms with van der Waals surface area (Å²) in [6.45, 7) is 7.58. The van der Waals surface area contributed by atoms with Crippen molar-refractivity contribution in [1.82, 2.24) is 10.6 Å². The molecule has 4 heteroatoms. The third kappa shape index (κ3) is 5.41. The molecular formula is C19H24F2N2. The summed E-state index contributed by atoms with van der Waals surface area (Å²) in [6.07, 6.45) is 0. The van der Waals surface area contributed by atoms with Crippen molar-refractivity contribution < 1.29 is 8.78 Å². The molecule has 2 rings (SSSR count). The molecule has 0 saturated carbocycles. The SMILES string of the molecule is C[C@H](NC(C)(C)CNCc1ccc(F)c(F)c1)c1ccccc1. The van der Waals surface area contributed by atoms with Crippen molar-refractivity contribution in [3.8, 4) is 0 Å². The summed E-state index contributed by atoms with van der Waals surface area (Å²) in [5.74, 6) is -1.62. The van der Waals surface area contributed by atoms with E-state index in [1.54, 1.807) is 6.07 Å². The number of nitrogens with one attached hydrogen (secondary N) is 2. The molecule has 0 bridgehead atoms. The first-order valence-corrected chi connectivity index (χ1v) is 7.85. The summed E-state index contributed by atoms with van der Waals surface area (Å²) in [7, 11) is 0. The fourth-order valence-corrected chi connectivity index (χ4v) is 2.63. The van der Waals surface area contributed by atoms with Crippen LogP contribution in [0.4, 0.5) is 8.78 Å². The molecule has 0 saturated heterocycles. The van der Waals surface area contributed by atoms with Crippen LogP contribution >= 0.6 is 0 Å². The third-order valence-corrected chi connectivity index (χ3v) is 3.79. The Hall–Kier alpha value is -1.78. The average molecular weight is 318 g/mol. The lowest BCUT2D eigenvalue weighted by Crippen LogP contribution is -2.48. The Morgan fingerprint density at radius 3 is 2.35 bits per heavy atom. The van der Waals surface area contributed by atoms with Crippen LogP contribution in [0.1, 0.15) is 37.9 Å². The molecular weight excluding hydrogens is 294 g/mol. The largest absolute Gasteiger partial charge is 0.311 e. The van der Waals surface area contributed by atoms with Gasteiger partial charge in [-0.2, -0.15) is 0 Å². The highest BCUT2D eigenvalue weighted by molar-refractivity contribution is 5.19. The highest BCUT2D eigenvalue weighted by Gasteiger charge is 2.20. The van der Waals surface area contributed by atoms with Gasteiger partial charge in [0.1, 0.15) is 0 Å². The van der Waals surface area contributed by atoms with Gasteiger partial charge in [0.25, 0.3) is 0 Å². The van der Waals surface area contributed by atoms with Gasteiger partial charge in [-0.15, -0.1) is 0 Å². The predicted octanol–water partition coefficient (Wildman–Crippen LogP) is 4.18. The molecule has 0 amide bonds. The average Bonchev–Trinajstić information content (AvgIpc) is 2.51. The lowest BCUT2D eigenvalue weighted by Gasteiger charge is -2.31. The maximum atomic E-state index is 13.2. The molecule has 23 heavy (non-hydrogen) atoms. The maximum Gasteiger partial charge on any atom is 0.159 e. The molecule has 1 atom stereocenters. The van der Waals surface area contributed by atoms with Crippen LogP contribution in [0.2, 0.25) is 0 Å². The van der Waals surface area contributed by atoms with Crippen molar-refractivity contribution in [3.05, 3.63) is 71.3 Å². The smallest absolute Gasteiger partial charge is 0.159 e. The molecule has 2 aromatic carbocycles. The third-order valence-electron chi connectivity index (χ3n) is 3.79. The quantitative estimate of drug-likeness (QED) is 0.800. The van der Waals surface area contributed by atoms with Crippen molar-refractivity contribution in [2.45, 2.75) is 38.9 Å². The molecule has 0 aromatic heterocycles. The normalized spacial score (nSPS) is 13.1. The highest BCUT2D eigenvalue weighted by atomic mass is 19.2. The van der Waals surface area contributed by atoms with Gasteiger partial charge in [-0.25, -0.2) is 8.78 Å². The van der Waals surface area contributed by atoms with Crippen LogP contribution in [0.25, 0.3) is 0 Å². The van der Waals surface area contributed by atoms with E-state index in [0.29, 0.717) is 13.1 Å². The number of hydrogen-bond acceptors (Lipinski definition) is 2. The van der Waals surface area contributed by atoms with Gasteiger partial charge in [0.2, 0.25) is 0 Å². The zero-order valence-corrected chi connectivity index (χ0v) is 13.9. The van der Waals surface area contributed by atoms with Gasteiger partial charge in [-0.05, 0) is 44.0 Å². The van der Waals surface area contributed by atoms with E-state index in [2.05, 4.69) is 43.5 Å². The molecule has 0 spiro atoms. The van der Waals surface area contributed by atoms with Crippen LogP contribution in [0.3, 0.4) is 0 Å². The van der Waals surface area contributed by atoms with E-state index in [1.807, 2.05) is 18.2 Å². The van der Waals surface area contributed by atoms with Gasteiger partial charge in [-0.3, -0.25) is 0 Å². The Morgan fingerprint density at radius 2 is 1.70 bits per heavy atom. The number of halogens is 2. The molecule has 2 nitrogen and oxygen atoms in total. The fourth-order valence-electron chi connectivity index (χ4n) is 2.63. The Kier molecular flexibility index (Phi) is 5.85. The molecule has 2 aromatic rings. The Balaban J connectivity index is 1.84. The van der Waals surface area contributed by atoms with E-state index in [0.717, 1.165) is 11.6 Å². The van der Waals surface area contributed by atoms with Crippen LogP contribution in [0, 0.1) is 11.6 Å². The van der Waals surface area contributed by atoms with Crippen LogP contribution in [0.15, 0.2) is 48.5 Å². The van der Waals surface area contributed by atoms with E-state index in [9.17, 15) is 8.78 Å². The second kappa shape index (κ2) is 7.66. The minimum atomic E-state index is -0.813. The highest BCUT2D eigenvalue weighted by Crippen LogP contribution is 2.16. The monoisotopic (exact) mass is 318 g/mol. The molecule has 0 unspecified atom stereocenters. The maximum absolute atomic E-state index is 13.2. The Morgan fingerprint density at radius 1 is 1.00 bits per heavy atom. The molecule has 0 aliphatic rings. The first kappa shape index (κ1) is 17.6. The first-order valence-electron chi connectivity index (χ1n) is 7.85. The van der Waals surface area contributed by atoms with Crippen LogP contribution in [-0.2, 0) is 6.54 Å². The van der Waals surface area contributed by atoms with Gasteiger partial charge in [0.05, 0.1) is 0 Å². The lowest BCUT2D eigenvalue weighted by molar-refractivity contribution is 0.330. The van der Waals surface area contributed by atoms with Crippen LogP contribution < -0.4 is 10.6 Å². The molecule has 0 fully saturated rings. The zero-order valence-electron chi connectivity index (χ0n) is 13.9. The predicted molar refractivity (Wildman–Crippen MR) is 90.1 cm³/mol. The van der Waals surface area contributed by atoms with Gasteiger partial charge in [0.15, 0.2) is 11.6 Å². The van der Waals surface area contributed by atoms with E-state index in [-0.39, 0.29) is 11.6 Å². The molecule has 0 heterocycles. The second-order valence-corrected chi connectivity index (χ2v) is 6.51. The minimum absolute atomic E-state index is 0.131. The van der Waals surface area contributed by atoms with Gasteiger partial charge in [-0.1, -0.05) is 36.4 Å². The van der Waals surface area contributed by atoms with Gasteiger partial charge < -0.3 is 10.6 Å². The number of benzene rings is 2. The van der Waals surface area contributed by atoms with E-state index in [1.165, 1.54) is 11.6 Å². The lowest BCUT2D eigenvalue weighted by atomic mass is 10.0. The van der Waals surface area contributed by atoms with Crippen LogP contribution in [0.5, 0.6) is 0 Å². The molecule has 0 aliphatic carbocycles. The molecule has 124 valence electrons. The van der Waals surface area contributed by atoms with Crippen molar-refractivity contribution in [1.29, 1.82) is 0 Å². The van der Waals surface area contributed by atoms with Crippen molar-refractivity contribution in [3.63, 3.8) is 0 Å². The summed E-state index contributed by atoms with van der Waals surface area (Å²) in [5, 5.41) is 6.88. The topological polar surface area (TPSA) is 24.1 Å². The summed E-state index contributed by atoms with van der Waals surface area (Å²) < 4.78 is 26.1. The van der Waals surface area contributed by atoms with Crippen molar-refractivity contribution in [2.24, 2.45) is 0 Å². The molecule has 0 aliphatic heterocycles. The fraction of sp³-hybridized carbons (Fsp3) is 0.368. The van der Waals surface area contributed by atoms with E-state index in [4.69, 9.17) is 0 Å². The zero-order chi connectivity index (χ0) is 16.9. The summed E-state index contributed by atoms with van der Waals surface area (Å²) in [5.41, 5.74) is 1.84. The van der Waals surface area contributed by atoms with Gasteiger partial charge in [0, 0.05) is 24.7 Å². The second-order valence-electron chi connectivity index (χ2n) is 6.51. The first-order chi connectivity index (χ1) is 10.9. The van der Waals surface area contributed by atoms with Crippen molar-refractivity contribution >= 4 is 0 Å². The summed E-state index contributed by atoms with van der Waals surface area (Å²) in [6, 6.07) is 14.5. The Bertz CT molecular complexity index is 627. The van der Waals surface area contributed by atoms with Gasteiger partial charge >= 0.3 is 0 Å². The Labute approximate surface area is 136 Å². The van der Waals surface area contributed by atoms with Crippen LogP contribution in [-0.4, -0.2) is 12.1 Å². The minimum Gasteiger partial charge on any atom is -0.311 e. The number of rotatable bonds is 7. The van der Waals surface area contributed by atoms with Crippen molar-refractivity contribution in [2.75, 3.05) is 6.54 Å².